The minimum atomic E-state index is -0.0461. The fraction of sp³-hybridized carbons (Fsp3) is 0.150. The van der Waals surface area contributed by atoms with Crippen molar-refractivity contribution in [3.05, 3.63) is 69.6 Å². The molecule has 28 heavy (non-hydrogen) atoms. The third kappa shape index (κ3) is 4.16. The monoisotopic (exact) mass is 429 g/mol. The number of hydrogen-bond acceptors (Lipinski definition) is 6. The molecular formula is C20H16ClN3O2S2. The van der Waals surface area contributed by atoms with Crippen LogP contribution in [0, 0.1) is 0 Å². The second-order valence-corrected chi connectivity index (χ2v) is 8.82. The molecule has 142 valence electrons. The summed E-state index contributed by atoms with van der Waals surface area (Å²) in [5.74, 6) is 0.716. The Morgan fingerprint density at radius 2 is 2.07 bits per heavy atom. The van der Waals surface area contributed by atoms with Crippen molar-refractivity contribution in [1.82, 2.24) is 9.97 Å². The van der Waals surface area contributed by atoms with Gasteiger partial charge in [0.2, 0.25) is 5.91 Å². The molecule has 0 unspecified atom stereocenters. The van der Waals surface area contributed by atoms with Gasteiger partial charge in [-0.2, -0.15) is 0 Å². The van der Waals surface area contributed by atoms with Gasteiger partial charge in [0.1, 0.15) is 5.75 Å². The number of ether oxygens (including phenoxy) is 1. The van der Waals surface area contributed by atoms with Crippen molar-refractivity contribution in [3.8, 4) is 5.75 Å². The molecule has 1 aromatic carbocycles. The summed E-state index contributed by atoms with van der Waals surface area (Å²) >= 11 is 8.89. The third-order valence-electron chi connectivity index (χ3n) is 4.12. The Morgan fingerprint density at radius 1 is 1.18 bits per heavy atom. The molecule has 3 aromatic heterocycles. The summed E-state index contributed by atoms with van der Waals surface area (Å²) in [6.45, 7) is 0.357. The van der Waals surface area contributed by atoms with Crippen molar-refractivity contribution >= 4 is 55.5 Å². The largest absolute Gasteiger partial charge is 0.497 e. The highest BCUT2D eigenvalue weighted by atomic mass is 35.5. The average molecular weight is 430 g/mol. The van der Waals surface area contributed by atoms with Gasteiger partial charge in [-0.15, -0.1) is 11.3 Å². The number of anilines is 1. The van der Waals surface area contributed by atoms with Crippen LogP contribution in [0.1, 0.15) is 10.6 Å². The normalized spacial score (nSPS) is 10.9. The molecule has 0 atom stereocenters. The van der Waals surface area contributed by atoms with Crippen molar-refractivity contribution in [2.45, 2.75) is 13.0 Å². The smallest absolute Gasteiger partial charge is 0.234 e. The highest BCUT2D eigenvalue weighted by molar-refractivity contribution is 7.22. The standard InChI is InChI=1S/C20H16ClN3O2S2/c1-26-14-5-7-16-17(10-14)28-20(23-16)24(12-13-4-2-3-9-22-13)19(25)11-15-6-8-18(21)27-15/h2-10H,11-12H2,1H3. The molecule has 0 fully saturated rings. The zero-order chi connectivity index (χ0) is 19.5. The fourth-order valence-electron chi connectivity index (χ4n) is 2.74. The number of benzene rings is 1. The number of hydrogen-bond donors (Lipinski definition) is 0. The molecule has 0 N–H and O–H groups in total. The number of thiophene rings is 1. The van der Waals surface area contributed by atoms with Crippen LogP contribution in [-0.2, 0) is 17.8 Å². The number of fused-ring (bicyclic) bond motifs is 1. The van der Waals surface area contributed by atoms with E-state index in [2.05, 4.69) is 9.97 Å². The van der Waals surface area contributed by atoms with Crippen molar-refractivity contribution in [2.75, 3.05) is 12.0 Å². The summed E-state index contributed by atoms with van der Waals surface area (Å²) in [6.07, 6.45) is 1.99. The van der Waals surface area contributed by atoms with Crippen LogP contribution in [0.15, 0.2) is 54.7 Å². The van der Waals surface area contributed by atoms with Crippen LogP contribution in [0.5, 0.6) is 5.75 Å². The molecule has 0 aliphatic carbocycles. The van der Waals surface area contributed by atoms with Crippen molar-refractivity contribution in [3.63, 3.8) is 0 Å². The van der Waals surface area contributed by atoms with Crippen LogP contribution in [0.25, 0.3) is 10.2 Å². The molecule has 1 amide bonds. The molecule has 0 aliphatic rings. The minimum Gasteiger partial charge on any atom is -0.497 e. The van der Waals surface area contributed by atoms with Crippen molar-refractivity contribution < 1.29 is 9.53 Å². The van der Waals surface area contributed by atoms with Gasteiger partial charge in [0.25, 0.3) is 0 Å². The van der Waals surface area contributed by atoms with E-state index in [1.54, 1.807) is 18.2 Å². The molecule has 8 heteroatoms. The van der Waals surface area contributed by atoms with E-state index in [1.165, 1.54) is 22.7 Å². The molecule has 0 spiro atoms. The van der Waals surface area contributed by atoms with Gasteiger partial charge in [-0.25, -0.2) is 4.98 Å². The SMILES string of the molecule is COc1ccc2nc(N(Cc3ccccn3)C(=O)Cc3ccc(Cl)s3)sc2c1. The highest BCUT2D eigenvalue weighted by Crippen LogP contribution is 2.33. The van der Waals surface area contributed by atoms with E-state index in [4.69, 9.17) is 16.3 Å². The Morgan fingerprint density at radius 3 is 2.79 bits per heavy atom. The van der Waals surface area contributed by atoms with E-state index < -0.39 is 0 Å². The summed E-state index contributed by atoms with van der Waals surface area (Å²) in [6, 6.07) is 15.0. The maximum absolute atomic E-state index is 13.1. The first-order valence-electron chi connectivity index (χ1n) is 8.51. The van der Waals surface area contributed by atoms with Crippen LogP contribution in [0.3, 0.4) is 0 Å². The van der Waals surface area contributed by atoms with Gasteiger partial charge >= 0.3 is 0 Å². The number of thiazole rings is 1. The lowest BCUT2D eigenvalue weighted by molar-refractivity contribution is -0.118. The van der Waals surface area contributed by atoms with Gasteiger partial charge in [-0.3, -0.25) is 14.7 Å². The summed E-state index contributed by atoms with van der Waals surface area (Å²) in [5.41, 5.74) is 1.63. The molecule has 5 nitrogen and oxygen atoms in total. The van der Waals surface area contributed by atoms with Crippen LogP contribution >= 0.6 is 34.3 Å². The lowest BCUT2D eigenvalue weighted by atomic mass is 10.3. The van der Waals surface area contributed by atoms with Crippen LogP contribution in [0.2, 0.25) is 4.34 Å². The van der Waals surface area contributed by atoms with Gasteiger partial charge in [0.05, 0.1) is 40.3 Å². The summed E-state index contributed by atoms with van der Waals surface area (Å²) in [4.78, 5) is 24.8. The topological polar surface area (TPSA) is 55.3 Å². The van der Waals surface area contributed by atoms with Gasteiger partial charge in [0.15, 0.2) is 5.13 Å². The number of aromatic nitrogens is 2. The lowest BCUT2D eigenvalue weighted by Crippen LogP contribution is -2.31. The zero-order valence-electron chi connectivity index (χ0n) is 15.0. The second-order valence-electron chi connectivity index (χ2n) is 6.01. The minimum absolute atomic E-state index is 0.0461. The maximum Gasteiger partial charge on any atom is 0.234 e. The van der Waals surface area contributed by atoms with Crippen molar-refractivity contribution in [1.29, 1.82) is 0 Å². The van der Waals surface area contributed by atoms with E-state index >= 15 is 0 Å². The van der Waals surface area contributed by atoms with Gasteiger partial charge in [-0.1, -0.05) is 29.0 Å². The first kappa shape index (κ1) is 18.9. The van der Waals surface area contributed by atoms with Crippen LogP contribution in [-0.4, -0.2) is 23.0 Å². The van der Waals surface area contributed by atoms with Gasteiger partial charge in [0, 0.05) is 11.1 Å². The Bertz CT molecular complexity index is 1110. The molecule has 0 radical (unpaired) electrons. The van der Waals surface area contributed by atoms with Gasteiger partial charge < -0.3 is 4.74 Å². The summed E-state index contributed by atoms with van der Waals surface area (Å²) < 4.78 is 6.93. The number of carbonyl (C=O) groups is 1. The fourth-order valence-corrected chi connectivity index (χ4v) is 4.83. The Hall–Kier alpha value is -2.48. The van der Waals surface area contributed by atoms with E-state index in [9.17, 15) is 4.79 Å². The molecular weight excluding hydrogens is 414 g/mol. The third-order valence-corrected chi connectivity index (χ3v) is 6.39. The Kier molecular flexibility index (Phi) is 5.57. The Balaban J connectivity index is 1.68. The molecule has 0 bridgehead atoms. The summed E-state index contributed by atoms with van der Waals surface area (Å²) in [7, 11) is 1.63. The van der Waals surface area contributed by atoms with E-state index in [-0.39, 0.29) is 12.3 Å². The molecule has 0 aliphatic heterocycles. The zero-order valence-corrected chi connectivity index (χ0v) is 17.4. The second kappa shape index (κ2) is 8.26. The number of halogens is 1. The Labute approximate surface area is 175 Å². The molecule has 0 saturated heterocycles. The lowest BCUT2D eigenvalue weighted by Gasteiger charge is -2.19. The van der Waals surface area contributed by atoms with Crippen LogP contribution in [0.4, 0.5) is 5.13 Å². The average Bonchev–Trinajstić information content (AvgIpc) is 3.31. The van der Waals surface area contributed by atoms with E-state index in [1.807, 2.05) is 48.5 Å². The molecule has 3 heterocycles. The number of pyridine rings is 1. The number of methoxy groups -OCH3 is 1. The van der Waals surface area contributed by atoms with Crippen LogP contribution < -0.4 is 9.64 Å². The predicted octanol–water partition coefficient (Wildman–Crippen LogP) is 5.19. The molecule has 4 rings (SSSR count). The number of amides is 1. The highest BCUT2D eigenvalue weighted by Gasteiger charge is 2.22. The first-order valence-corrected chi connectivity index (χ1v) is 10.5. The maximum atomic E-state index is 13.1. The predicted molar refractivity (Wildman–Crippen MR) is 115 cm³/mol. The first-order chi connectivity index (χ1) is 13.6. The molecule has 4 aromatic rings. The molecule has 0 saturated carbocycles. The number of rotatable bonds is 6. The van der Waals surface area contributed by atoms with Gasteiger partial charge in [-0.05, 0) is 42.5 Å². The van der Waals surface area contributed by atoms with E-state index in [0.717, 1.165) is 26.5 Å². The van der Waals surface area contributed by atoms with Crippen molar-refractivity contribution in [2.24, 2.45) is 0 Å². The number of carbonyl (C=O) groups excluding carboxylic acids is 1. The van der Waals surface area contributed by atoms with E-state index in [0.29, 0.717) is 16.0 Å². The quantitative estimate of drug-likeness (QED) is 0.423. The summed E-state index contributed by atoms with van der Waals surface area (Å²) in [5, 5.41) is 0.640. The number of nitrogens with zero attached hydrogens (tertiary/aromatic N) is 3.